The number of aryl methyl sites for hydroxylation is 1. The average Bonchev–Trinajstić information content (AvgIpc) is 2.60. The number of nitrogens with two attached hydrogens (primary N) is 1. The summed E-state index contributed by atoms with van der Waals surface area (Å²) >= 11 is 1.57. The highest BCUT2D eigenvalue weighted by molar-refractivity contribution is 7.98. The Morgan fingerprint density at radius 1 is 1.40 bits per heavy atom. The van der Waals surface area contributed by atoms with Crippen LogP contribution in [0.4, 0.5) is 5.82 Å². The second-order valence-electron chi connectivity index (χ2n) is 3.01. The maximum absolute atomic E-state index is 5.86. The van der Waals surface area contributed by atoms with Crippen molar-refractivity contribution in [1.29, 1.82) is 0 Å². The predicted octanol–water partition coefficient (Wildman–Crippen LogP) is 1.18. The van der Waals surface area contributed by atoms with Gasteiger partial charge in [-0.2, -0.15) is 5.10 Å². The molecule has 0 aliphatic rings. The molecule has 2 N–H and O–H groups in total. The number of hydrogen-bond donors (Lipinski definition) is 1. The lowest BCUT2D eigenvalue weighted by Gasteiger charge is -2.01. The molecule has 15 heavy (non-hydrogen) atoms. The molecule has 2 aromatic heterocycles. The molecule has 0 unspecified atom stereocenters. The molecular weight excluding hydrogens is 210 g/mol. The summed E-state index contributed by atoms with van der Waals surface area (Å²) in [5.74, 6) is 0.612. The molecule has 78 valence electrons. The van der Waals surface area contributed by atoms with Crippen LogP contribution >= 0.6 is 11.8 Å². The van der Waals surface area contributed by atoms with Crippen molar-refractivity contribution < 1.29 is 0 Å². The lowest BCUT2D eigenvalue weighted by Crippen LogP contribution is -1.98. The second kappa shape index (κ2) is 3.90. The summed E-state index contributed by atoms with van der Waals surface area (Å²) in [6, 6.07) is 1.90. The molecular formula is C9H11N5S. The highest BCUT2D eigenvalue weighted by Crippen LogP contribution is 2.24. The molecule has 0 spiro atoms. The molecule has 2 rings (SSSR count). The fraction of sp³-hybridized carbons (Fsp3) is 0.222. The highest BCUT2D eigenvalue weighted by Gasteiger charge is 2.09. The van der Waals surface area contributed by atoms with Crippen LogP contribution in [-0.2, 0) is 7.05 Å². The van der Waals surface area contributed by atoms with Gasteiger partial charge in [0.25, 0.3) is 0 Å². The lowest BCUT2D eigenvalue weighted by atomic mass is 10.2. The van der Waals surface area contributed by atoms with Crippen LogP contribution in [0.3, 0.4) is 0 Å². The van der Waals surface area contributed by atoms with Crippen LogP contribution in [-0.4, -0.2) is 26.0 Å². The van der Waals surface area contributed by atoms with Gasteiger partial charge in [-0.3, -0.25) is 4.68 Å². The number of nitrogens with zero attached hydrogens (tertiary/aromatic N) is 4. The van der Waals surface area contributed by atoms with Crippen molar-refractivity contribution in [2.75, 3.05) is 12.0 Å². The lowest BCUT2D eigenvalue weighted by molar-refractivity contribution is 0.779. The van der Waals surface area contributed by atoms with E-state index in [0.29, 0.717) is 5.82 Å². The van der Waals surface area contributed by atoms with Gasteiger partial charge in [-0.05, 0) is 12.3 Å². The maximum Gasteiger partial charge on any atom is 0.130 e. The molecule has 5 nitrogen and oxygen atoms in total. The standard InChI is InChI=1S/C9H11N5S/c1-14-9(10)6(4-13-14)7-3-8(15-2)12-5-11-7/h3-5H,10H2,1-2H3. The zero-order chi connectivity index (χ0) is 10.8. The first-order chi connectivity index (χ1) is 7.22. The third kappa shape index (κ3) is 1.80. The van der Waals surface area contributed by atoms with Crippen LogP contribution in [0, 0.1) is 0 Å². The maximum atomic E-state index is 5.86. The molecule has 0 amide bonds. The summed E-state index contributed by atoms with van der Waals surface area (Å²) in [6.45, 7) is 0. The van der Waals surface area contributed by atoms with Crippen LogP contribution in [0.15, 0.2) is 23.6 Å². The number of rotatable bonds is 2. The smallest absolute Gasteiger partial charge is 0.130 e. The Hall–Kier alpha value is -1.56. The van der Waals surface area contributed by atoms with Gasteiger partial charge >= 0.3 is 0 Å². The molecule has 0 saturated carbocycles. The normalized spacial score (nSPS) is 10.5. The fourth-order valence-electron chi connectivity index (χ4n) is 1.24. The molecule has 2 aromatic rings. The summed E-state index contributed by atoms with van der Waals surface area (Å²) in [6.07, 6.45) is 5.22. The minimum atomic E-state index is 0.612. The molecule has 0 aromatic carbocycles. The first-order valence-corrected chi connectivity index (χ1v) is 5.58. The Morgan fingerprint density at radius 3 is 2.80 bits per heavy atom. The molecule has 0 aliphatic carbocycles. The number of anilines is 1. The highest BCUT2D eigenvalue weighted by atomic mass is 32.2. The van der Waals surface area contributed by atoms with Gasteiger partial charge < -0.3 is 5.73 Å². The van der Waals surface area contributed by atoms with E-state index in [1.807, 2.05) is 12.3 Å². The quantitative estimate of drug-likeness (QED) is 0.609. The van der Waals surface area contributed by atoms with Crippen LogP contribution in [0.2, 0.25) is 0 Å². The number of nitrogen functional groups attached to an aromatic ring is 1. The Balaban J connectivity index is 2.49. The number of thioether (sulfide) groups is 1. The predicted molar refractivity (Wildman–Crippen MR) is 60.4 cm³/mol. The van der Waals surface area contributed by atoms with Crippen LogP contribution < -0.4 is 5.73 Å². The Labute approximate surface area is 91.7 Å². The van der Waals surface area contributed by atoms with Crippen LogP contribution in [0.5, 0.6) is 0 Å². The van der Waals surface area contributed by atoms with E-state index in [4.69, 9.17) is 5.73 Å². The fourth-order valence-corrected chi connectivity index (χ4v) is 1.62. The SMILES string of the molecule is CSc1cc(-c2cnn(C)c2N)ncn1. The molecule has 0 aliphatic heterocycles. The van der Waals surface area contributed by atoms with Crippen molar-refractivity contribution in [3.05, 3.63) is 18.6 Å². The van der Waals surface area contributed by atoms with Crippen molar-refractivity contribution >= 4 is 17.6 Å². The van der Waals surface area contributed by atoms with E-state index < -0.39 is 0 Å². The average molecular weight is 221 g/mol. The minimum Gasteiger partial charge on any atom is -0.383 e. The van der Waals surface area contributed by atoms with E-state index in [1.165, 1.54) is 6.33 Å². The minimum absolute atomic E-state index is 0.612. The third-order valence-corrected chi connectivity index (χ3v) is 2.75. The summed E-state index contributed by atoms with van der Waals surface area (Å²) in [5, 5.41) is 4.99. The Bertz CT molecular complexity index is 479. The summed E-state index contributed by atoms with van der Waals surface area (Å²) in [4.78, 5) is 8.28. The van der Waals surface area contributed by atoms with Crippen LogP contribution in [0.1, 0.15) is 0 Å². The summed E-state index contributed by atoms with van der Waals surface area (Å²) in [5.41, 5.74) is 7.51. The number of hydrogen-bond acceptors (Lipinski definition) is 5. The number of aromatic nitrogens is 4. The molecule has 0 saturated heterocycles. The topological polar surface area (TPSA) is 69.6 Å². The van der Waals surface area contributed by atoms with Gasteiger partial charge in [-0.15, -0.1) is 11.8 Å². The van der Waals surface area contributed by atoms with Gasteiger partial charge in [-0.25, -0.2) is 9.97 Å². The van der Waals surface area contributed by atoms with E-state index in [9.17, 15) is 0 Å². The molecule has 0 atom stereocenters. The van der Waals surface area contributed by atoms with Crippen molar-refractivity contribution in [2.45, 2.75) is 5.03 Å². The van der Waals surface area contributed by atoms with E-state index in [1.54, 1.807) is 29.7 Å². The Morgan fingerprint density at radius 2 is 2.20 bits per heavy atom. The molecule has 0 radical (unpaired) electrons. The summed E-state index contributed by atoms with van der Waals surface area (Å²) in [7, 11) is 1.80. The van der Waals surface area contributed by atoms with E-state index in [0.717, 1.165) is 16.3 Å². The second-order valence-corrected chi connectivity index (χ2v) is 3.84. The van der Waals surface area contributed by atoms with E-state index in [-0.39, 0.29) is 0 Å². The van der Waals surface area contributed by atoms with Gasteiger partial charge in [0.1, 0.15) is 12.1 Å². The van der Waals surface area contributed by atoms with Crippen molar-refractivity contribution in [3.8, 4) is 11.3 Å². The zero-order valence-electron chi connectivity index (χ0n) is 8.51. The van der Waals surface area contributed by atoms with Gasteiger partial charge in [0.15, 0.2) is 0 Å². The van der Waals surface area contributed by atoms with E-state index >= 15 is 0 Å². The van der Waals surface area contributed by atoms with Gasteiger partial charge in [0.2, 0.25) is 0 Å². The van der Waals surface area contributed by atoms with Crippen molar-refractivity contribution in [1.82, 2.24) is 19.7 Å². The summed E-state index contributed by atoms with van der Waals surface area (Å²) < 4.78 is 1.62. The largest absolute Gasteiger partial charge is 0.383 e. The van der Waals surface area contributed by atoms with Gasteiger partial charge in [0.05, 0.1) is 22.5 Å². The van der Waals surface area contributed by atoms with E-state index in [2.05, 4.69) is 15.1 Å². The molecule has 6 heteroatoms. The Kier molecular flexibility index (Phi) is 2.59. The third-order valence-electron chi connectivity index (χ3n) is 2.11. The van der Waals surface area contributed by atoms with Gasteiger partial charge in [0, 0.05) is 7.05 Å². The van der Waals surface area contributed by atoms with Crippen LogP contribution in [0.25, 0.3) is 11.3 Å². The zero-order valence-corrected chi connectivity index (χ0v) is 9.32. The molecule has 2 heterocycles. The van der Waals surface area contributed by atoms with Gasteiger partial charge in [-0.1, -0.05) is 0 Å². The first kappa shape index (κ1) is 9.97. The molecule has 0 bridgehead atoms. The first-order valence-electron chi connectivity index (χ1n) is 4.36. The van der Waals surface area contributed by atoms with Crippen molar-refractivity contribution in [3.63, 3.8) is 0 Å². The monoisotopic (exact) mass is 221 g/mol. The molecule has 0 fully saturated rings. The van der Waals surface area contributed by atoms with Crippen molar-refractivity contribution in [2.24, 2.45) is 7.05 Å².